The van der Waals surface area contributed by atoms with Crippen molar-refractivity contribution in [1.29, 1.82) is 5.26 Å². The van der Waals surface area contributed by atoms with Gasteiger partial charge in [0.15, 0.2) is 0 Å². The number of allylic oxidation sites excluding steroid dienone is 1. The summed E-state index contributed by atoms with van der Waals surface area (Å²) in [5.74, 6) is 0.978. The van der Waals surface area contributed by atoms with E-state index in [4.69, 9.17) is 24.7 Å². The van der Waals surface area contributed by atoms with Gasteiger partial charge in [0.25, 0.3) is 0 Å². The molecule has 4 rings (SSSR count). The third-order valence-electron chi connectivity index (χ3n) is 5.29. The van der Waals surface area contributed by atoms with Gasteiger partial charge in [-0.15, -0.1) is 0 Å². The summed E-state index contributed by atoms with van der Waals surface area (Å²) in [6.07, 6.45) is 1.66. The lowest BCUT2D eigenvalue weighted by molar-refractivity contribution is 0.0734. The van der Waals surface area contributed by atoms with Crippen LogP contribution in [0, 0.1) is 11.3 Å². The van der Waals surface area contributed by atoms with E-state index in [0.717, 1.165) is 11.1 Å². The van der Waals surface area contributed by atoms with Gasteiger partial charge in [-0.1, -0.05) is 30.9 Å². The van der Waals surface area contributed by atoms with E-state index >= 15 is 0 Å². The molecule has 170 valence electrons. The highest BCUT2D eigenvalue weighted by Crippen LogP contribution is 2.44. The van der Waals surface area contributed by atoms with Crippen LogP contribution in [0.1, 0.15) is 27.4 Å². The van der Waals surface area contributed by atoms with Crippen molar-refractivity contribution in [2.24, 2.45) is 5.73 Å². The molecule has 7 nitrogen and oxygen atoms in total. The SMILES string of the molecule is C=CCOc1cccc(C2C(C#N)=C(N)Oc3cc(OC(=O)c4ccc(OC)cc4)ccc32)c1. The molecule has 34 heavy (non-hydrogen) atoms. The molecule has 0 aliphatic carbocycles. The molecule has 1 heterocycles. The average molecular weight is 454 g/mol. The third-order valence-corrected chi connectivity index (χ3v) is 5.29. The molecule has 0 radical (unpaired) electrons. The lowest BCUT2D eigenvalue weighted by Crippen LogP contribution is -2.21. The van der Waals surface area contributed by atoms with Gasteiger partial charge in [0.2, 0.25) is 5.88 Å². The fourth-order valence-electron chi connectivity index (χ4n) is 3.67. The highest BCUT2D eigenvalue weighted by Gasteiger charge is 2.31. The third kappa shape index (κ3) is 4.57. The van der Waals surface area contributed by atoms with E-state index in [0.29, 0.717) is 29.4 Å². The number of fused-ring (bicyclic) bond motifs is 1. The van der Waals surface area contributed by atoms with Crippen LogP contribution < -0.4 is 24.7 Å². The van der Waals surface area contributed by atoms with Crippen LogP contribution in [-0.2, 0) is 0 Å². The number of benzene rings is 3. The van der Waals surface area contributed by atoms with Crippen molar-refractivity contribution in [3.05, 3.63) is 108 Å². The van der Waals surface area contributed by atoms with Crippen LogP contribution in [-0.4, -0.2) is 19.7 Å². The maximum atomic E-state index is 12.6. The second-order valence-corrected chi connectivity index (χ2v) is 7.41. The number of nitrogens with zero attached hydrogens (tertiary/aromatic N) is 1. The molecule has 0 spiro atoms. The topological polar surface area (TPSA) is 104 Å². The van der Waals surface area contributed by atoms with Gasteiger partial charge in [-0.3, -0.25) is 0 Å². The Kier molecular flexibility index (Phi) is 6.51. The first-order valence-electron chi connectivity index (χ1n) is 10.5. The molecule has 0 aromatic heterocycles. The minimum absolute atomic E-state index is 0.00366. The van der Waals surface area contributed by atoms with Gasteiger partial charge < -0.3 is 24.7 Å². The Morgan fingerprint density at radius 1 is 1.12 bits per heavy atom. The zero-order chi connectivity index (χ0) is 24.1. The number of ether oxygens (including phenoxy) is 4. The molecular weight excluding hydrogens is 432 g/mol. The molecule has 0 saturated heterocycles. The molecule has 3 aromatic rings. The Morgan fingerprint density at radius 3 is 2.59 bits per heavy atom. The molecule has 1 aliphatic rings. The Balaban J connectivity index is 1.65. The van der Waals surface area contributed by atoms with Crippen molar-refractivity contribution < 1.29 is 23.7 Å². The molecule has 1 aliphatic heterocycles. The van der Waals surface area contributed by atoms with E-state index in [1.54, 1.807) is 55.7 Å². The zero-order valence-electron chi connectivity index (χ0n) is 18.5. The van der Waals surface area contributed by atoms with Crippen LogP contribution in [0.3, 0.4) is 0 Å². The van der Waals surface area contributed by atoms with Crippen molar-refractivity contribution in [3.63, 3.8) is 0 Å². The molecule has 0 fully saturated rings. The number of methoxy groups -OCH3 is 1. The number of nitrogens with two attached hydrogens (primary N) is 1. The molecule has 3 aromatic carbocycles. The highest BCUT2D eigenvalue weighted by atomic mass is 16.5. The maximum absolute atomic E-state index is 12.6. The summed E-state index contributed by atoms with van der Waals surface area (Å²) >= 11 is 0. The number of hydrogen-bond donors (Lipinski definition) is 1. The second kappa shape index (κ2) is 9.84. The van der Waals surface area contributed by atoms with Crippen LogP contribution in [0.25, 0.3) is 0 Å². The molecule has 1 atom stereocenters. The number of nitriles is 1. The van der Waals surface area contributed by atoms with Crippen molar-refractivity contribution in [2.75, 3.05) is 13.7 Å². The molecule has 0 amide bonds. The minimum atomic E-state index is -0.525. The fourth-order valence-corrected chi connectivity index (χ4v) is 3.67. The van der Waals surface area contributed by atoms with Gasteiger partial charge in [0, 0.05) is 11.6 Å². The smallest absolute Gasteiger partial charge is 0.343 e. The normalized spacial score (nSPS) is 14.3. The van der Waals surface area contributed by atoms with E-state index in [1.807, 2.05) is 24.3 Å². The largest absolute Gasteiger partial charge is 0.497 e. The summed E-state index contributed by atoms with van der Waals surface area (Å²) in [7, 11) is 1.55. The van der Waals surface area contributed by atoms with Crippen molar-refractivity contribution >= 4 is 5.97 Å². The van der Waals surface area contributed by atoms with Gasteiger partial charge in [0.1, 0.15) is 41.2 Å². The van der Waals surface area contributed by atoms with Crippen LogP contribution in [0.5, 0.6) is 23.0 Å². The monoisotopic (exact) mass is 454 g/mol. The Labute approximate surface area is 197 Å². The second-order valence-electron chi connectivity index (χ2n) is 7.41. The van der Waals surface area contributed by atoms with Gasteiger partial charge in [-0.2, -0.15) is 5.26 Å². The molecule has 0 saturated carbocycles. The van der Waals surface area contributed by atoms with Crippen molar-refractivity contribution in [1.82, 2.24) is 0 Å². The fraction of sp³-hybridized carbons (Fsp3) is 0.111. The van der Waals surface area contributed by atoms with Crippen LogP contribution in [0.4, 0.5) is 0 Å². The summed E-state index contributed by atoms with van der Waals surface area (Å²) in [5.41, 5.74) is 8.29. The first-order valence-corrected chi connectivity index (χ1v) is 10.5. The highest BCUT2D eigenvalue weighted by molar-refractivity contribution is 5.91. The first-order chi connectivity index (χ1) is 16.5. The van der Waals surface area contributed by atoms with Gasteiger partial charge >= 0.3 is 5.97 Å². The number of hydrogen-bond acceptors (Lipinski definition) is 7. The van der Waals surface area contributed by atoms with E-state index in [-0.39, 0.29) is 17.2 Å². The summed E-state index contributed by atoms with van der Waals surface area (Å²) in [6, 6.07) is 21.2. The standard InChI is InChI=1S/C27H22N2O5/c1-3-13-32-20-6-4-5-18(14-20)25-22-12-11-21(15-24(22)34-26(29)23(25)16-28)33-27(30)17-7-9-19(31-2)10-8-17/h3-12,14-15,25H,1,13,29H2,2H3. The van der Waals surface area contributed by atoms with Gasteiger partial charge in [-0.25, -0.2) is 4.79 Å². The lowest BCUT2D eigenvalue weighted by Gasteiger charge is -2.27. The average Bonchev–Trinajstić information content (AvgIpc) is 2.86. The Bertz CT molecular complexity index is 1310. The van der Waals surface area contributed by atoms with Crippen LogP contribution in [0.15, 0.2) is 90.8 Å². The van der Waals surface area contributed by atoms with Gasteiger partial charge in [0.05, 0.1) is 18.6 Å². The summed E-state index contributed by atoms with van der Waals surface area (Å²) in [6.45, 7) is 4.02. The quantitative estimate of drug-likeness (QED) is 0.314. The number of carbonyl (C=O) groups excluding carboxylic acids is 1. The predicted octanol–water partition coefficient (Wildman–Crippen LogP) is 4.70. The van der Waals surface area contributed by atoms with Crippen molar-refractivity contribution in [2.45, 2.75) is 5.92 Å². The molecule has 2 N–H and O–H groups in total. The Hall–Kier alpha value is -4.70. The molecule has 0 bridgehead atoms. The van der Waals surface area contributed by atoms with E-state index in [1.165, 1.54) is 0 Å². The van der Waals surface area contributed by atoms with Crippen LogP contribution >= 0.6 is 0 Å². The lowest BCUT2D eigenvalue weighted by atomic mass is 9.83. The van der Waals surface area contributed by atoms with E-state index < -0.39 is 11.9 Å². The predicted molar refractivity (Wildman–Crippen MR) is 126 cm³/mol. The number of rotatable bonds is 7. The number of carbonyl (C=O) groups is 1. The number of esters is 1. The molecule has 7 heteroatoms. The first kappa shape index (κ1) is 22.5. The van der Waals surface area contributed by atoms with Crippen molar-refractivity contribution in [3.8, 4) is 29.1 Å². The minimum Gasteiger partial charge on any atom is -0.497 e. The summed E-state index contributed by atoms with van der Waals surface area (Å²) in [4.78, 5) is 12.6. The zero-order valence-corrected chi connectivity index (χ0v) is 18.5. The summed E-state index contributed by atoms with van der Waals surface area (Å²) < 4.78 is 22.0. The Morgan fingerprint density at radius 2 is 1.88 bits per heavy atom. The van der Waals surface area contributed by atoms with E-state index in [9.17, 15) is 10.1 Å². The van der Waals surface area contributed by atoms with Gasteiger partial charge in [-0.05, 0) is 48.0 Å². The van der Waals surface area contributed by atoms with Crippen LogP contribution in [0.2, 0.25) is 0 Å². The maximum Gasteiger partial charge on any atom is 0.343 e. The van der Waals surface area contributed by atoms with E-state index in [2.05, 4.69) is 12.6 Å². The molecule has 1 unspecified atom stereocenters. The molecular formula is C27H22N2O5. The summed E-state index contributed by atoms with van der Waals surface area (Å²) in [5, 5.41) is 9.78.